The Bertz CT molecular complexity index is 434. The number of nitrogens with zero attached hydrogens (tertiary/aromatic N) is 4. The SMILES string of the molecule is CCCNn1cnc2c(N)ncnc21. The standard InChI is InChI=1S/C8H12N6/c1-2-3-13-14-5-12-6-7(9)10-4-11-8(6)14/h4-5,13H,2-3H2,1H3,(H2,9,10,11). The smallest absolute Gasteiger partial charge is 0.184 e. The van der Waals surface area contributed by atoms with Crippen LogP contribution in [0.5, 0.6) is 0 Å². The van der Waals surface area contributed by atoms with Crippen molar-refractivity contribution >= 4 is 17.0 Å². The van der Waals surface area contributed by atoms with Gasteiger partial charge in [-0.15, -0.1) is 0 Å². The average Bonchev–Trinajstić information content (AvgIpc) is 2.60. The van der Waals surface area contributed by atoms with E-state index in [1.54, 1.807) is 11.0 Å². The van der Waals surface area contributed by atoms with E-state index >= 15 is 0 Å². The lowest BCUT2D eigenvalue weighted by molar-refractivity contribution is 0.817. The second-order valence-electron chi connectivity index (χ2n) is 2.95. The van der Waals surface area contributed by atoms with Crippen molar-refractivity contribution in [2.75, 3.05) is 17.7 Å². The Hall–Kier alpha value is -1.85. The Morgan fingerprint density at radius 2 is 2.29 bits per heavy atom. The molecule has 2 heterocycles. The number of imidazole rings is 1. The highest BCUT2D eigenvalue weighted by molar-refractivity contribution is 5.81. The summed E-state index contributed by atoms with van der Waals surface area (Å²) >= 11 is 0. The quantitative estimate of drug-likeness (QED) is 0.733. The maximum Gasteiger partial charge on any atom is 0.184 e. The summed E-state index contributed by atoms with van der Waals surface area (Å²) in [6, 6.07) is 0. The van der Waals surface area contributed by atoms with E-state index in [9.17, 15) is 0 Å². The highest BCUT2D eigenvalue weighted by Gasteiger charge is 2.06. The molecular weight excluding hydrogens is 180 g/mol. The number of nitrogens with two attached hydrogens (primary N) is 1. The van der Waals surface area contributed by atoms with Gasteiger partial charge in [-0.3, -0.25) is 0 Å². The van der Waals surface area contributed by atoms with Crippen LogP contribution in [0.1, 0.15) is 13.3 Å². The molecule has 2 aromatic rings. The molecule has 74 valence electrons. The molecule has 6 nitrogen and oxygen atoms in total. The van der Waals surface area contributed by atoms with Crippen LogP contribution in [0.3, 0.4) is 0 Å². The first-order chi connectivity index (χ1) is 6.83. The van der Waals surface area contributed by atoms with E-state index in [-0.39, 0.29) is 0 Å². The molecule has 0 unspecified atom stereocenters. The lowest BCUT2D eigenvalue weighted by Gasteiger charge is -2.04. The Morgan fingerprint density at radius 3 is 3.07 bits per heavy atom. The largest absolute Gasteiger partial charge is 0.382 e. The number of nitrogens with one attached hydrogen (secondary N) is 1. The summed E-state index contributed by atoms with van der Waals surface area (Å²) in [5.74, 6) is 0.409. The molecule has 0 radical (unpaired) electrons. The number of nitrogen functional groups attached to an aromatic ring is 1. The number of hydrogen-bond acceptors (Lipinski definition) is 5. The zero-order valence-electron chi connectivity index (χ0n) is 7.94. The molecule has 6 heteroatoms. The van der Waals surface area contributed by atoms with Crippen molar-refractivity contribution in [2.24, 2.45) is 0 Å². The Labute approximate surface area is 81.1 Å². The van der Waals surface area contributed by atoms with Crippen molar-refractivity contribution in [3.63, 3.8) is 0 Å². The molecule has 0 atom stereocenters. The third-order valence-electron chi connectivity index (χ3n) is 1.89. The van der Waals surface area contributed by atoms with Crippen LogP contribution in [0.15, 0.2) is 12.7 Å². The summed E-state index contributed by atoms with van der Waals surface area (Å²) in [6.07, 6.45) is 4.13. The molecule has 14 heavy (non-hydrogen) atoms. The van der Waals surface area contributed by atoms with Crippen molar-refractivity contribution in [2.45, 2.75) is 13.3 Å². The maximum absolute atomic E-state index is 5.64. The van der Waals surface area contributed by atoms with Gasteiger partial charge < -0.3 is 11.2 Å². The molecule has 0 aliphatic rings. The van der Waals surface area contributed by atoms with Crippen molar-refractivity contribution in [1.82, 2.24) is 19.6 Å². The molecule has 0 aliphatic heterocycles. The fraction of sp³-hybridized carbons (Fsp3) is 0.375. The monoisotopic (exact) mass is 192 g/mol. The molecule has 2 aromatic heterocycles. The third kappa shape index (κ3) is 1.34. The average molecular weight is 192 g/mol. The number of rotatable bonds is 3. The minimum absolute atomic E-state index is 0.409. The topological polar surface area (TPSA) is 81.7 Å². The van der Waals surface area contributed by atoms with E-state index in [4.69, 9.17) is 5.73 Å². The number of fused-ring (bicyclic) bond motifs is 1. The molecule has 0 spiro atoms. The zero-order valence-corrected chi connectivity index (χ0v) is 7.94. The summed E-state index contributed by atoms with van der Waals surface area (Å²) in [7, 11) is 0. The lowest BCUT2D eigenvalue weighted by atomic mass is 10.5. The van der Waals surface area contributed by atoms with Gasteiger partial charge in [-0.25, -0.2) is 19.6 Å². The van der Waals surface area contributed by atoms with Gasteiger partial charge in [-0.1, -0.05) is 6.92 Å². The van der Waals surface area contributed by atoms with Crippen LogP contribution in [-0.4, -0.2) is 26.2 Å². The van der Waals surface area contributed by atoms with E-state index in [0.29, 0.717) is 17.0 Å². The molecule has 0 bridgehead atoms. The lowest BCUT2D eigenvalue weighted by Crippen LogP contribution is -2.14. The molecule has 0 aliphatic carbocycles. The number of aromatic nitrogens is 4. The first-order valence-corrected chi connectivity index (χ1v) is 4.50. The highest BCUT2D eigenvalue weighted by atomic mass is 15.4. The second-order valence-corrected chi connectivity index (χ2v) is 2.95. The predicted octanol–water partition coefficient (Wildman–Crippen LogP) is 0.362. The summed E-state index contributed by atoms with van der Waals surface area (Å²) < 4.78 is 1.76. The molecule has 0 saturated carbocycles. The minimum atomic E-state index is 0.409. The zero-order chi connectivity index (χ0) is 9.97. The fourth-order valence-electron chi connectivity index (χ4n) is 1.20. The first-order valence-electron chi connectivity index (χ1n) is 4.50. The van der Waals surface area contributed by atoms with E-state index in [1.165, 1.54) is 6.33 Å². The van der Waals surface area contributed by atoms with Crippen molar-refractivity contribution in [3.8, 4) is 0 Å². The Kier molecular flexibility index (Phi) is 2.18. The van der Waals surface area contributed by atoms with Crippen molar-refractivity contribution in [3.05, 3.63) is 12.7 Å². The number of anilines is 1. The van der Waals surface area contributed by atoms with Crippen LogP contribution < -0.4 is 11.2 Å². The molecule has 0 amide bonds. The van der Waals surface area contributed by atoms with Crippen LogP contribution in [0.2, 0.25) is 0 Å². The summed E-state index contributed by atoms with van der Waals surface area (Å²) in [4.78, 5) is 12.1. The van der Waals surface area contributed by atoms with Gasteiger partial charge in [0, 0.05) is 6.54 Å². The van der Waals surface area contributed by atoms with Crippen LogP contribution in [0.4, 0.5) is 5.82 Å². The van der Waals surface area contributed by atoms with Crippen molar-refractivity contribution in [1.29, 1.82) is 0 Å². The third-order valence-corrected chi connectivity index (χ3v) is 1.89. The first kappa shape index (κ1) is 8.74. The van der Waals surface area contributed by atoms with Crippen LogP contribution in [-0.2, 0) is 0 Å². The highest BCUT2D eigenvalue weighted by Crippen LogP contribution is 2.12. The van der Waals surface area contributed by atoms with Crippen LogP contribution >= 0.6 is 0 Å². The van der Waals surface area contributed by atoms with Crippen molar-refractivity contribution < 1.29 is 0 Å². The van der Waals surface area contributed by atoms with Gasteiger partial charge in [0.15, 0.2) is 17.0 Å². The summed E-state index contributed by atoms with van der Waals surface area (Å²) in [5, 5.41) is 0. The Morgan fingerprint density at radius 1 is 1.43 bits per heavy atom. The fourth-order valence-corrected chi connectivity index (χ4v) is 1.20. The second kappa shape index (κ2) is 3.49. The molecule has 0 aromatic carbocycles. The van der Waals surface area contributed by atoms with E-state index < -0.39 is 0 Å². The van der Waals surface area contributed by atoms with E-state index in [1.807, 2.05) is 0 Å². The predicted molar refractivity (Wildman–Crippen MR) is 54.3 cm³/mol. The summed E-state index contributed by atoms with van der Waals surface area (Å²) in [6.45, 7) is 2.96. The minimum Gasteiger partial charge on any atom is -0.382 e. The van der Waals surface area contributed by atoms with Gasteiger partial charge in [0.05, 0.1) is 0 Å². The molecule has 3 N–H and O–H groups in total. The van der Waals surface area contributed by atoms with Gasteiger partial charge in [0.1, 0.15) is 12.7 Å². The van der Waals surface area contributed by atoms with Gasteiger partial charge in [0.2, 0.25) is 0 Å². The molecule has 0 saturated heterocycles. The molecular formula is C8H12N6. The number of hydrogen-bond donors (Lipinski definition) is 2. The van der Waals surface area contributed by atoms with Gasteiger partial charge >= 0.3 is 0 Å². The van der Waals surface area contributed by atoms with Crippen LogP contribution in [0, 0.1) is 0 Å². The van der Waals surface area contributed by atoms with Gasteiger partial charge in [0.25, 0.3) is 0 Å². The van der Waals surface area contributed by atoms with Crippen LogP contribution in [0.25, 0.3) is 11.2 Å². The maximum atomic E-state index is 5.64. The Balaban J connectivity index is 2.42. The molecule has 0 fully saturated rings. The molecule has 2 rings (SSSR count). The van der Waals surface area contributed by atoms with E-state index in [0.717, 1.165) is 13.0 Å². The van der Waals surface area contributed by atoms with Gasteiger partial charge in [-0.05, 0) is 6.42 Å². The van der Waals surface area contributed by atoms with Gasteiger partial charge in [-0.2, -0.15) is 0 Å². The summed E-state index contributed by atoms with van der Waals surface area (Å²) in [5.41, 5.74) is 10.1. The normalized spacial score (nSPS) is 10.6. The van der Waals surface area contributed by atoms with E-state index in [2.05, 4.69) is 27.3 Å².